The van der Waals surface area contributed by atoms with Crippen molar-refractivity contribution in [2.75, 3.05) is 39.3 Å². The number of nitrogens with two attached hydrogens (primary N) is 6. The number of guanidine groups is 2. The Kier molecular flexibility index (Phi) is 33.3. The van der Waals surface area contributed by atoms with Crippen LogP contribution in [-0.4, -0.2) is 209 Å². The van der Waals surface area contributed by atoms with Gasteiger partial charge in [0.1, 0.15) is 66.2 Å². The van der Waals surface area contributed by atoms with Crippen LogP contribution >= 0.6 is 0 Å². The van der Waals surface area contributed by atoms with E-state index in [-0.39, 0.29) is 114 Å². The van der Waals surface area contributed by atoms with Gasteiger partial charge in [0, 0.05) is 39.0 Å². The molecule has 0 aromatic heterocycles. The molecule has 102 heavy (non-hydrogen) atoms. The number of likely N-dealkylation sites (tertiary alicyclic amines) is 2. The van der Waals surface area contributed by atoms with Crippen LogP contribution in [0.4, 0.5) is 0 Å². The minimum atomic E-state index is -1.50. The number of nitrogens with one attached hydrogen (secondary N) is 9. The number of hydrogen-bond donors (Lipinski definition) is 17. The van der Waals surface area contributed by atoms with E-state index in [1.54, 1.807) is 44.2 Å². The highest BCUT2D eigenvalue weighted by Gasteiger charge is 2.43. The van der Waals surface area contributed by atoms with E-state index in [1.165, 1.54) is 41.0 Å². The van der Waals surface area contributed by atoms with Gasteiger partial charge in [0.05, 0.1) is 19.2 Å². The molecule has 3 aromatic rings. The van der Waals surface area contributed by atoms with Crippen molar-refractivity contribution < 1.29 is 67.7 Å². The summed E-state index contributed by atoms with van der Waals surface area (Å²) in [5, 5.41) is 43.7. The van der Waals surface area contributed by atoms with Crippen molar-refractivity contribution in [2.24, 2.45) is 56.2 Å². The molecule has 2 heterocycles. The van der Waals surface area contributed by atoms with E-state index in [0.29, 0.717) is 30.4 Å². The van der Waals surface area contributed by atoms with Crippen molar-refractivity contribution in [1.82, 2.24) is 57.7 Å². The van der Waals surface area contributed by atoms with E-state index in [9.17, 15) is 67.7 Å². The van der Waals surface area contributed by atoms with Crippen molar-refractivity contribution in [3.8, 4) is 5.75 Å². The van der Waals surface area contributed by atoms with Crippen LogP contribution < -0.4 is 82.3 Å². The fraction of sp³-hybridized carbons (Fsp3) is 0.536. The van der Waals surface area contributed by atoms with Gasteiger partial charge in [0.15, 0.2) is 11.9 Å². The molecule has 2 saturated heterocycles. The molecule has 2 fully saturated rings. The second-order valence-electron chi connectivity index (χ2n) is 26.1. The van der Waals surface area contributed by atoms with Crippen molar-refractivity contribution in [1.29, 1.82) is 0 Å². The Morgan fingerprint density at radius 2 is 0.971 bits per heavy atom. The summed E-state index contributed by atoms with van der Waals surface area (Å²) in [7, 11) is 0. The molecule has 0 bridgehead atoms. The zero-order valence-corrected chi connectivity index (χ0v) is 58.6. The van der Waals surface area contributed by atoms with Gasteiger partial charge >= 0.3 is 0 Å². The summed E-state index contributed by atoms with van der Waals surface area (Å²) in [5.41, 5.74) is 35.8. The van der Waals surface area contributed by atoms with E-state index in [2.05, 4.69) is 57.8 Å². The second kappa shape index (κ2) is 41.3. The molecule has 3 aromatic carbocycles. The zero-order valence-electron chi connectivity index (χ0n) is 58.6. The SMILES string of the molecule is CC[C@H](C)[C@H](NC(=O)[C@@H]1CCCN1C(=O)[C@H](CC(C)C)NC(=O)[C@H](Cc1ccccc1)NC(=O)CNC(=O)[C@@H](N)Cc1ccccc1)C(=O)N[C@@H](Cc1ccc(O)cc1)C(=O)N[C@@H](CCCN=C(N)N)C(=O)N[C@@H](CCCN=C(N)N)C(=O)N1CCC[C@H]1C(=O)N[C@@H](C)C(=O)N[C@@H](CO)C(N)=O. The number of aliphatic hydroxyl groups is 1. The summed E-state index contributed by atoms with van der Waals surface area (Å²) in [5.74, 6) is -10.6. The van der Waals surface area contributed by atoms with Crippen LogP contribution in [0, 0.1) is 11.8 Å². The third-order valence-corrected chi connectivity index (χ3v) is 17.5. The number of benzene rings is 3. The van der Waals surface area contributed by atoms with Crippen LogP contribution in [0.1, 0.15) is 116 Å². The predicted octanol–water partition coefficient (Wildman–Crippen LogP) is -3.58. The van der Waals surface area contributed by atoms with E-state index in [1.807, 2.05) is 44.2 Å². The number of carbonyl (C=O) groups is 12. The van der Waals surface area contributed by atoms with Crippen LogP contribution in [0.5, 0.6) is 5.75 Å². The number of hydrogen-bond acceptors (Lipinski definition) is 17. The van der Waals surface area contributed by atoms with Gasteiger partial charge < -0.3 is 102 Å². The Labute approximate surface area is 593 Å². The van der Waals surface area contributed by atoms with E-state index < -0.39 is 156 Å². The first-order chi connectivity index (χ1) is 48.5. The average molecular weight is 1420 g/mol. The van der Waals surface area contributed by atoms with Crippen LogP contribution in [-0.2, 0) is 76.8 Å². The van der Waals surface area contributed by atoms with E-state index in [4.69, 9.17) is 34.4 Å². The van der Waals surface area contributed by atoms with Crippen LogP contribution in [0.15, 0.2) is 94.9 Å². The standard InChI is InChI=1S/C69H103N19O14/c1-6-40(4)56(86-64(99)54-24-16-32-88(54)67(102)51(33-39(2)3)84-61(96)49(35-43-19-11-8-12-20-43)80-55(91)37-78-59(94)46(70)34-42-17-9-7-10-18-42)65(100)83-50(36-44-25-27-45(90)28-26-44)62(97)81-47(21-13-29-76-68(72)73)60(95)82-48(22-14-30-77-69(74)75)66(101)87-31-15-23-53(87)63(98)79-41(5)58(93)85-52(38-89)57(71)92/h7-12,17-20,25-28,39-41,46-54,56,89-90H,6,13-16,21-24,29-38,70H2,1-5H3,(H2,71,92)(H,78,94)(H,79,98)(H,80,91)(H,81,97)(H,82,95)(H,83,100)(H,84,96)(H,85,93)(H,86,99)(H4,72,73,76)(H4,74,75,77)/t40-,41-,46-,47-,48-,49-,50-,51-,52-,53-,54-,56-/m0/s1. The lowest BCUT2D eigenvalue weighted by molar-refractivity contribution is -0.143. The fourth-order valence-corrected chi connectivity index (χ4v) is 11.8. The number of carbonyl (C=O) groups excluding carboxylic acids is 12. The number of amides is 12. The third kappa shape index (κ3) is 26.6. The molecule has 0 unspecified atom stereocenters. The summed E-state index contributed by atoms with van der Waals surface area (Å²) in [6, 6.07) is 9.67. The summed E-state index contributed by atoms with van der Waals surface area (Å²) in [6.45, 7) is 7.36. The Balaban J connectivity index is 1.37. The average Bonchev–Trinajstić information content (AvgIpc) is 1.57. The van der Waals surface area contributed by atoms with Crippen molar-refractivity contribution >= 4 is 82.8 Å². The van der Waals surface area contributed by atoms with Crippen LogP contribution in [0.2, 0.25) is 0 Å². The summed E-state index contributed by atoms with van der Waals surface area (Å²) in [4.78, 5) is 179. The number of primary amides is 1. The second-order valence-corrected chi connectivity index (χ2v) is 26.1. The maximum absolute atomic E-state index is 15.0. The largest absolute Gasteiger partial charge is 0.508 e. The first kappa shape index (κ1) is 82.2. The number of aliphatic hydroxyl groups excluding tert-OH is 1. The minimum absolute atomic E-state index is 0.00492. The molecule has 0 radical (unpaired) electrons. The molecular formula is C69H103N19O14. The van der Waals surface area contributed by atoms with Crippen LogP contribution in [0.3, 0.4) is 0 Å². The molecule has 0 spiro atoms. The van der Waals surface area contributed by atoms with Gasteiger partial charge in [-0.25, -0.2) is 0 Å². The maximum atomic E-state index is 15.0. The Hall–Kier alpha value is -10.4. The number of aliphatic imine (C=N–C) groups is 2. The quantitative estimate of drug-likeness (QED) is 0.0149. The monoisotopic (exact) mass is 1420 g/mol. The maximum Gasteiger partial charge on any atom is 0.245 e. The molecule has 2 aliphatic rings. The lowest BCUT2D eigenvalue weighted by atomic mass is 9.96. The Morgan fingerprint density at radius 3 is 1.48 bits per heavy atom. The highest BCUT2D eigenvalue weighted by atomic mass is 16.3. The Bertz CT molecular complexity index is 3390. The van der Waals surface area contributed by atoms with Gasteiger partial charge in [-0.05, 0) is 112 Å². The smallest absolute Gasteiger partial charge is 0.245 e. The minimum Gasteiger partial charge on any atom is -0.508 e. The molecule has 2 aliphatic heterocycles. The first-order valence-corrected chi connectivity index (χ1v) is 34.4. The van der Waals surface area contributed by atoms with Gasteiger partial charge in [0.25, 0.3) is 0 Å². The van der Waals surface area contributed by atoms with Crippen molar-refractivity contribution in [2.45, 2.75) is 185 Å². The predicted molar refractivity (Wildman–Crippen MR) is 379 cm³/mol. The van der Waals surface area contributed by atoms with Crippen molar-refractivity contribution in [3.05, 3.63) is 102 Å². The van der Waals surface area contributed by atoms with Crippen molar-refractivity contribution in [3.63, 3.8) is 0 Å². The lowest BCUT2D eigenvalue weighted by Gasteiger charge is -2.32. The zero-order chi connectivity index (χ0) is 75.2. The number of phenolic OH excluding ortho intramolecular Hbond substituents is 1. The fourth-order valence-electron chi connectivity index (χ4n) is 11.8. The van der Waals surface area contributed by atoms with Gasteiger partial charge in [-0.3, -0.25) is 67.5 Å². The summed E-state index contributed by atoms with van der Waals surface area (Å²) < 4.78 is 0. The van der Waals surface area contributed by atoms with Gasteiger partial charge in [-0.15, -0.1) is 0 Å². The normalized spacial score (nSPS) is 17.0. The summed E-state index contributed by atoms with van der Waals surface area (Å²) >= 11 is 0. The highest BCUT2D eigenvalue weighted by Crippen LogP contribution is 2.24. The number of aromatic hydroxyl groups is 1. The molecule has 558 valence electrons. The van der Waals surface area contributed by atoms with Gasteiger partial charge in [-0.1, -0.05) is 107 Å². The molecule has 0 aliphatic carbocycles. The Morgan fingerprint density at radius 1 is 0.520 bits per heavy atom. The van der Waals surface area contributed by atoms with Gasteiger partial charge in [-0.2, -0.15) is 0 Å². The third-order valence-electron chi connectivity index (χ3n) is 17.5. The molecule has 0 saturated carbocycles. The first-order valence-electron chi connectivity index (χ1n) is 34.4. The van der Waals surface area contributed by atoms with Crippen LogP contribution in [0.25, 0.3) is 0 Å². The number of phenols is 1. The molecule has 12 amide bonds. The topological polar surface area (TPSA) is 541 Å². The molecule has 23 N–H and O–H groups in total. The number of rotatable bonds is 40. The highest BCUT2D eigenvalue weighted by molar-refractivity contribution is 6.00. The number of nitrogens with zero attached hydrogens (tertiary/aromatic N) is 4. The van der Waals surface area contributed by atoms with E-state index >= 15 is 0 Å². The molecule has 33 heteroatoms. The molecule has 5 rings (SSSR count). The molecule has 12 atom stereocenters. The summed E-state index contributed by atoms with van der Waals surface area (Å²) in [6.07, 6.45) is 1.44. The molecular weight excluding hydrogens is 1320 g/mol. The van der Waals surface area contributed by atoms with E-state index in [0.717, 1.165) is 5.56 Å². The van der Waals surface area contributed by atoms with Gasteiger partial charge in [0.2, 0.25) is 70.9 Å². The molecule has 33 nitrogen and oxygen atoms in total. The lowest BCUT2D eigenvalue weighted by Crippen LogP contribution is -2.61.